The van der Waals surface area contributed by atoms with Crippen molar-refractivity contribution in [2.24, 2.45) is 5.92 Å². The molecule has 1 saturated carbocycles. The highest BCUT2D eigenvalue weighted by Gasteiger charge is 2.42. The molecule has 0 bridgehead atoms. The number of nitriles is 1. The van der Waals surface area contributed by atoms with Crippen LogP contribution < -0.4 is 5.32 Å². The molecule has 1 fully saturated rings. The summed E-state index contributed by atoms with van der Waals surface area (Å²) in [7, 11) is 0. The van der Waals surface area contributed by atoms with E-state index in [2.05, 4.69) is 54.5 Å². The van der Waals surface area contributed by atoms with Crippen molar-refractivity contribution in [3.05, 3.63) is 29.8 Å². The van der Waals surface area contributed by atoms with Crippen molar-refractivity contribution < 1.29 is 9.21 Å². The Kier molecular flexibility index (Phi) is 5.29. The first-order valence-electron chi connectivity index (χ1n) is 9.01. The highest BCUT2D eigenvalue weighted by molar-refractivity contribution is 7.99. The molecule has 7 heteroatoms. The Hall–Kier alpha value is -2.33. The van der Waals surface area contributed by atoms with Gasteiger partial charge in [0.05, 0.1) is 11.8 Å². The minimum absolute atomic E-state index is 0.0835. The van der Waals surface area contributed by atoms with Crippen molar-refractivity contribution in [3.8, 4) is 17.5 Å². The molecular formula is C20H24N4O2S. The van der Waals surface area contributed by atoms with E-state index < -0.39 is 5.54 Å². The van der Waals surface area contributed by atoms with Crippen LogP contribution in [0.15, 0.2) is 33.9 Å². The molecule has 27 heavy (non-hydrogen) atoms. The summed E-state index contributed by atoms with van der Waals surface area (Å²) in [4.78, 5) is 12.2. The summed E-state index contributed by atoms with van der Waals surface area (Å²) in [5.74, 6) is 0.611. The van der Waals surface area contributed by atoms with E-state index in [0.29, 0.717) is 11.1 Å². The summed E-state index contributed by atoms with van der Waals surface area (Å²) in [6, 6.07) is 10.3. The molecule has 1 N–H and O–H groups in total. The topological polar surface area (TPSA) is 91.8 Å². The third kappa shape index (κ3) is 4.69. The van der Waals surface area contributed by atoms with E-state index in [9.17, 15) is 10.1 Å². The largest absolute Gasteiger partial charge is 0.411 e. The lowest BCUT2D eigenvalue weighted by Crippen LogP contribution is -2.47. The molecule has 1 heterocycles. The van der Waals surface area contributed by atoms with Crippen molar-refractivity contribution in [1.29, 1.82) is 5.26 Å². The Bertz CT molecular complexity index is 859. The van der Waals surface area contributed by atoms with Gasteiger partial charge in [-0.1, -0.05) is 44.7 Å². The Morgan fingerprint density at radius 2 is 1.93 bits per heavy atom. The van der Waals surface area contributed by atoms with Gasteiger partial charge < -0.3 is 9.73 Å². The summed E-state index contributed by atoms with van der Waals surface area (Å²) in [5.41, 5.74) is 1.37. The first-order valence-corrected chi connectivity index (χ1v) is 9.99. The zero-order valence-corrected chi connectivity index (χ0v) is 16.9. The Balaban J connectivity index is 1.58. The number of rotatable bonds is 6. The zero-order chi connectivity index (χ0) is 19.7. The van der Waals surface area contributed by atoms with Gasteiger partial charge >= 0.3 is 0 Å². The number of amides is 1. The second kappa shape index (κ2) is 7.35. The molecule has 1 aromatic heterocycles. The van der Waals surface area contributed by atoms with Crippen LogP contribution in [0, 0.1) is 17.2 Å². The number of nitrogens with one attached hydrogen (secondary N) is 1. The van der Waals surface area contributed by atoms with Gasteiger partial charge in [-0.25, -0.2) is 0 Å². The molecule has 0 saturated heterocycles. The smallest absolute Gasteiger partial charge is 0.277 e. The molecule has 0 radical (unpaired) electrons. The van der Waals surface area contributed by atoms with Gasteiger partial charge in [0.1, 0.15) is 5.54 Å². The van der Waals surface area contributed by atoms with Gasteiger partial charge in [0.15, 0.2) is 0 Å². The number of carbonyl (C=O) groups is 1. The van der Waals surface area contributed by atoms with Gasteiger partial charge in [-0.3, -0.25) is 4.79 Å². The average molecular weight is 385 g/mol. The molecule has 1 atom stereocenters. The van der Waals surface area contributed by atoms with Crippen LogP contribution in [0.4, 0.5) is 0 Å². The highest BCUT2D eigenvalue weighted by Crippen LogP contribution is 2.39. The lowest BCUT2D eigenvalue weighted by atomic mass is 9.87. The molecular weight excluding hydrogens is 360 g/mol. The van der Waals surface area contributed by atoms with E-state index in [4.69, 9.17) is 4.42 Å². The third-order valence-electron chi connectivity index (χ3n) is 4.76. The third-order valence-corrected chi connectivity index (χ3v) is 5.57. The molecule has 0 spiro atoms. The van der Waals surface area contributed by atoms with E-state index in [1.54, 1.807) is 6.92 Å². The molecule has 1 amide bonds. The van der Waals surface area contributed by atoms with E-state index in [0.717, 1.165) is 18.4 Å². The maximum atomic E-state index is 12.2. The molecule has 1 aliphatic rings. The van der Waals surface area contributed by atoms with Gasteiger partial charge in [-0.2, -0.15) is 5.26 Å². The van der Waals surface area contributed by atoms with Crippen LogP contribution >= 0.6 is 11.8 Å². The Morgan fingerprint density at radius 3 is 2.48 bits per heavy atom. The molecule has 3 rings (SSSR count). The van der Waals surface area contributed by atoms with Gasteiger partial charge in [-0.05, 0) is 48.8 Å². The number of benzene rings is 1. The van der Waals surface area contributed by atoms with Gasteiger partial charge in [-0.15, -0.1) is 10.2 Å². The fourth-order valence-electron chi connectivity index (χ4n) is 2.83. The van der Waals surface area contributed by atoms with Gasteiger partial charge in [0.25, 0.3) is 5.22 Å². The summed E-state index contributed by atoms with van der Waals surface area (Å²) >= 11 is 1.17. The standard InChI is InChI=1S/C20H24N4O2S/c1-19(2,3)14-7-5-13(6-8-14)17-23-24-18(26-17)27-11-16(25)22-20(4,12-21)15-9-10-15/h5-8,15H,9-11H2,1-4H3,(H,22,25)/t20-/m0/s1. The molecule has 1 aliphatic carbocycles. The fraction of sp³-hybridized carbons (Fsp3) is 0.500. The molecule has 142 valence electrons. The summed E-state index contributed by atoms with van der Waals surface area (Å²) in [5, 5.41) is 20.5. The maximum Gasteiger partial charge on any atom is 0.277 e. The molecule has 1 aromatic carbocycles. The first kappa shape index (κ1) is 19.4. The monoisotopic (exact) mass is 384 g/mol. The number of carbonyl (C=O) groups excluding carboxylic acids is 1. The van der Waals surface area contributed by atoms with Crippen LogP contribution in [0.25, 0.3) is 11.5 Å². The van der Waals surface area contributed by atoms with Crippen LogP contribution in [0.1, 0.15) is 46.1 Å². The predicted octanol–water partition coefficient (Wildman–Crippen LogP) is 3.93. The van der Waals surface area contributed by atoms with E-state index >= 15 is 0 Å². The average Bonchev–Trinajstić information content (AvgIpc) is 3.38. The molecule has 6 nitrogen and oxygen atoms in total. The summed E-state index contributed by atoms with van der Waals surface area (Å²) < 4.78 is 5.66. The highest BCUT2D eigenvalue weighted by atomic mass is 32.2. The Morgan fingerprint density at radius 1 is 1.26 bits per heavy atom. The van der Waals surface area contributed by atoms with Crippen LogP contribution in [0.2, 0.25) is 0 Å². The predicted molar refractivity (Wildman–Crippen MR) is 104 cm³/mol. The lowest BCUT2D eigenvalue weighted by Gasteiger charge is -2.22. The molecule has 0 aliphatic heterocycles. The first-order chi connectivity index (χ1) is 12.7. The van der Waals surface area contributed by atoms with Crippen LogP contribution in [0.5, 0.6) is 0 Å². The quantitative estimate of drug-likeness (QED) is 0.759. The maximum absolute atomic E-state index is 12.2. The number of hydrogen-bond donors (Lipinski definition) is 1. The second-order valence-electron chi connectivity index (χ2n) is 8.13. The Labute approximate surface area is 163 Å². The number of hydrogen-bond acceptors (Lipinski definition) is 6. The van der Waals surface area contributed by atoms with Crippen molar-refractivity contribution in [2.45, 2.75) is 56.7 Å². The van der Waals surface area contributed by atoms with E-state index in [1.165, 1.54) is 17.3 Å². The minimum atomic E-state index is -0.785. The number of aromatic nitrogens is 2. The summed E-state index contributed by atoms with van der Waals surface area (Å²) in [6.45, 7) is 8.26. The fourth-order valence-corrected chi connectivity index (χ4v) is 3.40. The number of thioether (sulfide) groups is 1. The van der Waals surface area contributed by atoms with E-state index in [1.807, 2.05) is 12.1 Å². The van der Waals surface area contributed by atoms with Crippen LogP contribution in [0.3, 0.4) is 0 Å². The SMILES string of the molecule is CC(C)(C)c1ccc(-c2nnc(SCC(=O)N[C@@](C)(C#N)C3CC3)o2)cc1. The number of nitrogens with zero attached hydrogens (tertiary/aromatic N) is 3. The van der Waals surface area contributed by atoms with Crippen molar-refractivity contribution in [1.82, 2.24) is 15.5 Å². The zero-order valence-electron chi connectivity index (χ0n) is 16.1. The van der Waals surface area contributed by atoms with Crippen molar-refractivity contribution in [2.75, 3.05) is 5.75 Å². The van der Waals surface area contributed by atoms with Crippen molar-refractivity contribution >= 4 is 17.7 Å². The molecule has 2 aromatic rings. The van der Waals surface area contributed by atoms with Crippen molar-refractivity contribution in [3.63, 3.8) is 0 Å². The van der Waals surface area contributed by atoms with E-state index in [-0.39, 0.29) is 23.0 Å². The molecule has 0 unspecified atom stereocenters. The van der Waals surface area contributed by atoms with Crippen LogP contribution in [-0.4, -0.2) is 27.4 Å². The normalized spacial score (nSPS) is 16.4. The van der Waals surface area contributed by atoms with Gasteiger partial charge in [0.2, 0.25) is 11.8 Å². The van der Waals surface area contributed by atoms with Gasteiger partial charge in [0, 0.05) is 5.56 Å². The second-order valence-corrected chi connectivity index (χ2v) is 9.05. The lowest BCUT2D eigenvalue weighted by molar-refractivity contribution is -0.119. The minimum Gasteiger partial charge on any atom is -0.411 e. The summed E-state index contributed by atoms with van der Waals surface area (Å²) in [6.07, 6.45) is 1.97. The van der Waals surface area contributed by atoms with Crippen LogP contribution in [-0.2, 0) is 10.2 Å².